The molecule has 1 atom stereocenters. The fraction of sp³-hybridized carbons (Fsp3) is 0.211. The lowest BCUT2D eigenvalue weighted by molar-refractivity contribution is -0.122. The molecule has 3 rings (SSSR count). The summed E-state index contributed by atoms with van der Waals surface area (Å²) in [5.41, 5.74) is 0.168. The van der Waals surface area contributed by atoms with Crippen molar-refractivity contribution in [3.8, 4) is 18.6 Å². The summed E-state index contributed by atoms with van der Waals surface area (Å²) in [6.07, 6.45) is 8.22. The number of terminal acetylenes is 1. The van der Waals surface area contributed by atoms with Gasteiger partial charge in [-0.1, -0.05) is 11.6 Å². The molecule has 1 heterocycles. The van der Waals surface area contributed by atoms with Crippen LogP contribution in [0.1, 0.15) is 12.5 Å². The Morgan fingerprint density at radius 2 is 1.72 bits per heavy atom. The predicted molar refractivity (Wildman–Crippen MR) is 98.3 cm³/mol. The second-order valence-corrected chi connectivity index (χ2v) is 6.09. The van der Waals surface area contributed by atoms with Gasteiger partial charge in [0.05, 0.1) is 12.5 Å². The van der Waals surface area contributed by atoms with Crippen LogP contribution in [-0.2, 0) is 11.2 Å². The van der Waals surface area contributed by atoms with E-state index in [1.54, 1.807) is 0 Å². The third-order valence-corrected chi connectivity index (χ3v) is 3.99. The Morgan fingerprint density at radius 3 is 2.24 bits per heavy atom. The highest BCUT2D eigenvalue weighted by Crippen LogP contribution is 2.32. The molecule has 0 bridgehead atoms. The second-order valence-electron chi connectivity index (χ2n) is 5.14. The number of hydrogen-bond acceptors (Lipinski definition) is 3. The maximum atomic E-state index is 13.3. The molecule has 2 aromatic rings. The number of halogens is 3. The molecule has 6 heteroatoms. The van der Waals surface area contributed by atoms with Gasteiger partial charge in [-0.2, -0.15) is 0 Å². The first kappa shape index (κ1) is 21.0. The Bertz CT molecular complexity index is 724. The molecule has 0 radical (unpaired) electrons. The molecule has 0 saturated carbocycles. The summed E-state index contributed by atoms with van der Waals surface area (Å²) in [4.78, 5) is 12.0. The van der Waals surface area contributed by atoms with Gasteiger partial charge >= 0.3 is 0 Å². The topological polar surface area (TPSA) is 26.3 Å². The van der Waals surface area contributed by atoms with Crippen molar-refractivity contribution >= 4 is 30.0 Å². The van der Waals surface area contributed by atoms with E-state index in [0.717, 1.165) is 22.1 Å². The lowest BCUT2D eigenvalue weighted by Crippen LogP contribution is -2.27. The molecule has 25 heavy (non-hydrogen) atoms. The Balaban J connectivity index is 0.000000264. The minimum Gasteiger partial charge on any atom is -0.489 e. The van der Waals surface area contributed by atoms with Gasteiger partial charge in [-0.25, -0.2) is 8.78 Å². The summed E-state index contributed by atoms with van der Waals surface area (Å²) >= 11 is 9.65. The minimum absolute atomic E-state index is 0.0486. The molecular weight excluding hydrogens is 366 g/mol. The van der Waals surface area contributed by atoms with Gasteiger partial charge in [0.25, 0.3) is 0 Å². The molecule has 2 aromatic carbocycles. The third kappa shape index (κ3) is 6.08. The van der Waals surface area contributed by atoms with Crippen molar-refractivity contribution in [1.82, 2.24) is 0 Å². The van der Waals surface area contributed by atoms with Gasteiger partial charge in [-0.05, 0) is 49.7 Å². The lowest BCUT2D eigenvalue weighted by Gasteiger charge is -2.24. The van der Waals surface area contributed by atoms with Gasteiger partial charge in [-0.3, -0.25) is 4.79 Å². The maximum Gasteiger partial charge on any atom is 0.165 e. The Morgan fingerprint density at radius 1 is 1.16 bits per heavy atom. The van der Waals surface area contributed by atoms with Crippen LogP contribution in [-0.4, -0.2) is 12.4 Å². The van der Waals surface area contributed by atoms with Crippen molar-refractivity contribution < 1.29 is 18.3 Å². The van der Waals surface area contributed by atoms with Crippen molar-refractivity contribution in [2.24, 2.45) is 5.92 Å². The van der Waals surface area contributed by atoms with E-state index in [-0.39, 0.29) is 36.0 Å². The molecular formula is C19H17ClF2O2S. The highest BCUT2D eigenvalue weighted by molar-refractivity contribution is 7.80. The fourth-order valence-corrected chi connectivity index (χ4v) is 2.39. The molecule has 1 aliphatic heterocycles. The molecule has 0 unspecified atom stereocenters. The van der Waals surface area contributed by atoms with Crippen LogP contribution in [0.25, 0.3) is 0 Å². The number of carbonyl (C=O) groups excluding carboxylic acids is 1. The molecule has 0 aliphatic carbocycles. The molecule has 0 spiro atoms. The van der Waals surface area contributed by atoms with E-state index >= 15 is 0 Å². The number of rotatable bonds is 1. The summed E-state index contributed by atoms with van der Waals surface area (Å²) in [5.74, 6) is -1.57. The zero-order valence-corrected chi connectivity index (χ0v) is 15.2. The van der Waals surface area contributed by atoms with Crippen LogP contribution in [0.5, 0.6) is 5.75 Å². The number of benzene rings is 2. The number of thiol groups is 1. The smallest absolute Gasteiger partial charge is 0.165 e. The van der Waals surface area contributed by atoms with Crippen LogP contribution in [0.3, 0.4) is 0 Å². The predicted octanol–water partition coefficient (Wildman–Crippen LogP) is 4.98. The lowest BCUT2D eigenvalue weighted by atomic mass is 9.93. The third-order valence-electron chi connectivity index (χ3n) is 3.44. The summed E-state index contributed by atoms with van der Waals surface area (Å²) < 4.78 is 31.6. The maximum absolute atomic E-state index is 13.3. The summed E-state index contributed by atoms with van der Waals surface area (Å²) in [6, 6.07) is 9.41. The van der Waals surface area contributed by atoms with Crippen LogP contribution in [0.4, 0.5) is 8.78 Å². The molecule has 0 amide bonds. The van der Waals surface area contributed by atoms with Gasteiger partial charge < -0.3 is 4.74 Å². The van der Waals surface area contributed by atoms with Crippen LogP contribution >= 0.6 is 24.2 Å². The van der Waals surface area contributed by atoms with E-state index < -0.39 is 11.6 Å². The quantitative estimate of drug-likeness (QED) is 0.556. The molecule has 1 aliphatic rings. The SMILES string of the molecule is C#C.CC(=O)[C@@H]1COc2c(F)ccc(F)c2C1.Sc1ccc(Cl)cc1. The van der Waals surface area contributed by atoms with Crippen LogP contribution < -0.4 is 4.74 Å². The zero-order chi connectivity index (χ0) is 19.0. The summed E-state index contributed by atoms with van der Waals surface area (Å²) in [7, 11) is 0. The van der Waals surface area contributed by atoms with Crippen molar-refractivity contribution in [2.75, 3.05) is 6.61 Å². The van der Waals surface area contributed by atoms with E-state index in [1.165, 1.54) is 6.92 Å². The van der Waals surface area contributed by atoms with E-state index in [2.05, 4.69) is 25.5 Å². The largest absolute Gasteiger partial charge is 0.489 e. The molecule has 132 valence electrons. The highest BCUT2D eigenvalue weighted by Gasteiger charge is 2.27. The van der Waals surface area contributed by atoms with E-state index in [0.29, 0.717) is 0 Å². The molecule has 2 nitrogen and oxygen atoms in total. The highest BCUT2D eigenvalue weighted by atomic mass is 35.5. The Labute approximate surface area is 156 Å². The van der Waals surface area contributed by atoms with E-state index in [1.807, 2.05) is 24.3 Å². The Kier molecular flexibility index (Phi) is 8.47. The number of hydrogen-bond donors (Lipinski definition) is 1. The second kappa shape index (κ2) is 10.1. The molecule has 0 fully saturated rings. The van der Waals surface area contributed by atoms with Crippen molar-refractivity contribution in [2.45, 2.75) is 18.2 Å². The first-order valence-electron chi connectivity index (χ1n) is 7.26. The standard InChI is InChI=1S/C11H10F2O2.C6H5ClS.C2H2/c1-6(14)7-4-8-9(12)2-3-10(13)11(8)15-5-7;7-5-1-3-6(8)4-2-5;1-2/h2-3,7H,4-5H2,1H3;1-4,8H;1-2H/t7-;;/m0../s1. The van der Waals surface area contributed by atoms with Gasteiger partial charge in [0.2, 0.25) is 0 Å². The first-order valence-corrected chi connectivity index (χ1v) is 8.09. The number of fused-ring (bicyclic) bond motifs is 1. The molecule has 0 saturated heterocycles. The minimum atomic E-state index is -0.576. The zero-order valence-electron chi connectivity index (χ0n) is 13.5. The van der Waals surface area contributed by atoms with Crippen molar-refractivity contribution in [1.29, 1.82) is 0 Å². The number of carbonyl (C=O) groups is 1. The van der Waals surface area contributed by atoms with Gasteiger partial charge in [0, 0.05) is 15.5 Å². The summed E-state index contributed by atoms with van der Waals surface area (Å²) in [5, 5.41) is 0.753. The summed E-state index contributed by atoms with van der Waals surface area (Å²) in [6.45, 7) is 1.55. The first-order chi connectivity index (χ1) is 11.9. The van der Waals surface area contributed by atoms with Crippen LogP contribution in [0.2, 0.25) is 5.02 Å². The number of ketones is 1. The van der Waals surface area contributed by atoms with E-state index in [9.17, 15) is 13.6 Å². The normalized spacial score (nSPS) is 14.6. The van der Waals surface area contributed by atoms with E-state index in [4.69, 9.17) is 16.3 Å². The monoisotopic (exact) mass is 382 g/mol. The van der Waals surface area contributed by atoms with Gasteiger partial charge in [0.1, 0.15) is 11.6 Å². The molecule has 0 N–H and O–H groups in total. The fourth-order valence-electron chi connectivity index (χ4n) is 2.11. The van der Waals surface area contributed by atoms with Crippen molar-refractivity contribution in [3.05, 3.63) is 58.6 Å². The number of Topliss-reactive ketones (excluding diaryl/α,β-unsaturated/α-hetero) is 1. The average Bonchev–Trinajstić information content (AvgIpc) is 2.63. The Hall–Kier alpha value is -2.03. The van der Waals surface area contributed by atoms with Crippen LogP contribution in [0, 0.1) is 30.4 Å². The van der Waals surface area contributed by atoms with Gasteiger partial charge in [-0.15, -0.1) is 25.5 Å². The number of ether oxygens (including phenoxy) is 1. The average molecular weight is 383 g/mol. The van der Waals surface area contributed by atoms with Crippen molar-refractivity contribution in [3.63, 3.8) is 0 Å². The van der Waals surface area contributed by atoms with Gasteiger partial charge in [0.15, 0.2) is 11.6 Å². The molecule has 0 aromatic heterocycles. The van der Waals surface area contributed by atoms with Crippen LogP contribution in [0.15, 0.2) is 41.3 Å².